The quantitative estimate of drug-likeness (QED) is 0.756. The summed E-state index contributed by atoms with van der Waals surface area (Å²) in [7, 11) is 2.19. The summed E-state index contributed by atoms with van der Waals surface area (Å²) in [6.45, 7) is 5.32. The molecule has 0 spiro atoms. The largest absolute Gasteiger partial charge is 0.354 e. The van der Waals surface area contributed by atoms with Crippen LogP contribution in [0.5, 0.6) is 0 Å². The third kappa shape index (κ3) is 3.16. The average Bonchev–Trinajstić information content (AvgIpc) is 3.30. The molecule has 7 heteroatoms. The summed E-state index contributed by atoms with van der Waals surface area (Å²) < 4.78 is 1.88. The first-order valence-corrected chi connectivity index (χ1v) is 9.98. The topological polar surface area (TPSA) is 71.2 Å². The molecular formula is C21H25N7. The summed E-state index contributed by atoms with van der Waals surface area (Å²) in [5.41, 5.74) is 6.08. The number of nitrogens with one attached hydrogen (secondary N) is 1. The second kappa shape index (κ2) is 6.98. The number of anilines is 1. The molecule has 1 N–H and O–H groups in total. The highest BCUT2D eigenvalue weighted by atomic mass is 15.3. The first-order chi connectivity index (χ1) is 13.7. The smallest absolute Gasteiger partial charge is 0.222 e. The van der Waals surface area contributed by atoms with E-state index in [0.29, 0.717) is 5.92 Å². The number of fused-ring (bicyclic) bond motifs is 2. The van der Waals surface area contributed by atoms with Gasteiger partial charge >= 0.3 is 0 Å². The standard InChI is InChI=1S/C21H25N7/c1-14-11-22-20-6-5-19(26-28(14)20)16-3-4-18-17(16)13-24-21(25-18)23-12-15-7-9-27(2)10-8-15/h3,5-6,11,13,15H,4,7-10,12H2,1-2H3,(H,23,24,25). The van der Waals surface area contributed by atoms with Crippen molar-refractivity contribution in [3.05, 3.63) is 53.2 Å². The second-order valence-corrected chi connectivity index (χ2v) is 7.89. The van der Waals surface area contributed by atoms with Crippen LogP contribution >= 0.6 is 0 Å². The predicted molar refractivity (Wildman–Crippen MR) is 109 cm³/mol. The van der Waals surface area contributed by atoms with Crippen molar-refractivity contribution < 1.29 is 0 Å². The maximum absolute atomic E-state index is 4.77. The molecule has 144 valence electrons. The van der Waals surface area contributed by atoms with E-state index >= 15 is 0 Å². The molecule has 0 aromatic carbocycles. The fourth-order valence-corrected chi connectivity index (χ4v) is 4.07. The van der Waals surface area contributed by atoms with Gasteiger partial charge in [0, 0.05) is 30.3 Å². The zero-order valence-electron chi connectivity index (χ0n) is 16.4. The number of nitrogens with zero attached hydrogens (tertiary/aromatic N) is 6. The number of piperidine rings is 1. The molecule has 0 unspecified atom stereocenters. The number of imidazole rings is 1. The maximum atomic E-state index is 4.77. The Balaban J connectivity index is 1.32. The molecule has 5 rings (SSSR count). The molecule has 1 aliphatic carbocycles. The van der Waals surface area contributed by atoms with Gasteiger partial charge in [0.05, 0.1) is 23.3 Å². The zero-order valence-corrected chi connectivity index (χ0v) is 16.4. The minimum atomic E-state index is 0.705. The molecule has 0 saturated carbocycles. The molecule has 0 bridgehead atoms. The number of likely N-dealkylation sites (tertiary alicyclic amines) is 1. The number of hydrogen-bond donors (Lipinski definition) is 1. The second-order valence-electron chi connectivity index (χ2n) is 7.89. The molecule has 28 heavy (non-hydrogen) atoms. The van der Waals surface area contributed by atoms with Gasteiger partial charge in [-0.2, -0.15) is 5.10 Å². The van der Waals surface area contributed by atoms with Gasteiger partial charge in [0.2, 0.25) is 5.95 Å². The summed E-state index contributed by atoms with van der Waals surface area (Å²) in [5.74, 6) is 1.44. The number of hydrogen-bond acceptors (Lipinski definition) is 6. The number of rotatable bonds is 4. The Labute approximate surface area is 164 Å². The third-order valence-electron chi connectivity index (χ3n) is 5.85. The van der Waals surface area contributed by atoms with Crippen molar-refractivity contribution in [3.8, 4) is 0 Å². The lowest BCUT2D eigenvalue weighted by molar-refractivity contribution is 0.226. The van der Waals surface area contributed by atoms with E-state index in [1.54, 1.807) is 0 Å². The minimum absolute atomic E-state index is 0.705. The Hall–Kier alpha value is -2.80. The van der Waals surface area contributed by atoms with Crippen molar-refractivity contribution in [2.75, 3.05) is 32.0 Å². The van der Waals surface area contributed by atoms with Crippen molar-refractivity contribution >= 4 is 17.2 Å². The lowest BCUT2D eigenvalue weighted by Crippen LogP contribution is -2.33. The van der Waals surface area contributed by atoms with Crippen LogP contribution in [0.3, 0.4) is 0 Å². The summed E-state index contributed by atoms with van der Waals surface area (Å²) in [5, 5.41) is 8.20. The molecule has 7 nitrogen and oxygen atoms in total. The van der Waals surface area contributed by atoms with Gasteiger partial charge in [-0.25, -0.2) is 19.5 Å². The first kappa shape index (κ1) is 17.3. The molecule has 2 aliphatic rings. The van der Waals surface area contributed by atoms with Crippen LogP contribution in [0.4, 0.5) is 5.95 Å². The van der Waals surface area contributed by atoms with Crippen LogP contribution in [0.25, 0.3) is 11.2 Å². The summed E-state index contributed by atoms with van der Waals surface area (Å²) >= 11 is 0. The molecule has 4 heterocycles. The molecule has 1 aliphatic heterocycles. The van der Waals surface area contributed by atoms with Crippen molar-refractivity contribution in [2.24, 2.45) is 5.92 Å². The summed E-state index contributed by atoms with van der Waals surface area (Å²) in [6.07, 6.45) is 9.27. The van der Waals surface area contributed by atoms with E-state index in [0.717, 1.165) is 52.8 Å². The van der Waals surface area contributed by atoms with Crippen LogP contribution in [0, 0.1) is 12.8 Å². The number of aromatic nitrogens is 5. The van der Waals surface area contributed by atoms with Crippen LogP contribution in [0.2, 0.25) is 0 Å². The SMILES string of the molecule is Cc1cnc2ccc(C3=CCc4nc(NCC5CCN(C)CC5)ncc43)nn12. The molecule has 0 atom stereocenters. The Kier molecular flexibility index (Phi) is 4.31. The molecule has 1 fully saturated rings. The van der Waals surface area contributed by atoms with Gasteiger partial charge in [-0.3, -0.25) is 0 Å². The fraction of sp³-hybridized carbons (Fsp3) is 0.429. The van der Waals surface area contributed by atoms with Crippen molar-refractivity contribution in [1.82, 2.24) is 29.5 Å². The van der Waals surface area contributed by atoms with E-state index in [1.165, 1.54) is 25.9 Å². The Morgan fingerprint density at radius 3 is 2.86 bits per heavy atom. The van der Waals surface area contributed by atoms with Crippen LogP contribution in [-0.2, 0) is 6.42 Å². The highest BCUT2D eigenvalue weighted by Gasteiger charge is 2.21. The first-order valence-electron chi connectivity index (χ1n) is 9.98. The van der Waals surface area contributed by atoms with E-state index in [4.69, 9.17) is 10.1 Å². The van der Waals surface area contributed by atoms with Gasteiger partial charge in [-0.05, 0) is 58.0 Å². The lowest BCUT2D eigenvalue weighted by atomic mass is 9.97. The van der Waals surface area contributed by atoms with Crippen molar-refractivity contribution in [3.63, 3.8) is 0 Å². The van der Waals surface area contributed by atoms with Gasteiger partial charge in [-0.15, -0.1) is 0 Å². The molecule has 3 aromatic rings. The van der Waals surface area contributed by atoms with Gasteiger partial charge in [0.1, 0.15) is 0 Å². The maximum Gasteiger partial charge on any atom is 0.222 e. The van der Waals surface area contributed by atoms with E-state index in [-0.39, 0.29) is 0 Å². The molecule has 3 aromatic heterocycles. The highest BCUT2D eigenvalue weighted by molar-refractivity contribution is 5.82. The predicted octanol–water partition coefficient (Wildman–Crippen LogP) is 2.57. The zero-order chi connectivity index (χ0) is 19.1. The fourth-order valence-electron chi connectivity index (χ4n) is 4.07. The van der Waals surface area contributed by atoms with E-state index < -0.39 is 0 Å². The highest BCUT2D eigenvalue weighted by Crippen LogP contribution is 2.31. The van der Waals surface area contributed by atoms with Gasteiger partial charge in [0.15, 0.2) is 5.65 Å². The van der Waals surface area contributed by atoms with Crippen LogP contribution in [0.1, 0.15) is 35.5 Å². The van der Waals surface area contributed by atoms with Gasteiger partial charge in [0.25, 0.3) is 0 Å². The molecular weight excluding hydrogens is 350 g/mol. The van der Waals surface area contributed by atoms with Crippen molar-refractivity contribution in [2.45, 2.75) is 26.2 Å². The Morgan fingerprint density at radius 1 is 1.14 bits per heavy atom. The minimum Gasteiger partial charge on any atom is -0.354 e. The van der Waals surface area contributed by atoms with Crippen LogP contribution in [-0.4, -0.2) is 56.1 Å². The monoisotopic (exact) mass is 375 g/mol. The van der Waals surface area contributed by atoms with Gasteiger partial charge < -0.3 is 10.2 Å². The van der Waals surface area contributed by atoms with Crippen molar-refractivity contribution in [1.29, 1.82) is 0 Å². The molecule has 1 saturated heterocycles. The van der Waals surface area contributed by atoms with Gasteiger partial charge in [-0.1, -0.05) is 6.08 Å². The summed E-state index contributed by atoms with van der Waals surface area (Å²) in [4.78, 5) is 16.1. The Morgan fingerprint density at radius 2 is 2.00 bits per heavy atom. The summed E-state index contributed by atoms with van der Waals surface area (Å²) in [6, 6.07) is 4.03. The molecule has 0 radical (unpaired) electrons. The third-order valence-corrected chi connectivity index (χ3v) is 5.85. The normalized spacial score (nSPS) is 17.7. The van der Waals surface area contributed by atoms with E-state index in [9.17, 15) is 0 Å². The lowest BCUT2D eigenvalue weighted by Gasteiger charge is -2.28. The number of allylic oxidation sites excluding steroid dienone is 1. The average molecular weight is 375 g/mol. The van der Waals surface area contributed by atoms with Crippen LogP contribution < -0.4 is 5.32 Å². The van der Waals surface area contributed by atoms with E-state index in [1.807, 2.05) is 36.0 Å². The van der Waals surface area contributed by atoms with Crippen LogP contribution in [0.15, 0.2) is 30.6 Å². The molecule has 0 amide bonds. The van der Waals surface area contributed by atoms with E-state index in [2.05, 4.69) is 33.3 Å². The Bertz CT molecular complexity index is 1040. The number of aryl methyl sites for hydroxylation is 1.